The summed E-state index contributed by atoms with van der Waals surface area (Å²) in [5.41, 5.74) is 0. The fourth-order valence-corrected chi connectivity index (χ4v) is 1.71. The zero-order chi connectivity index (χ0) is 8.55. The molecular weight excluding hydrogens is 160 g/mol. The van der Waals surface area contributed by atoms with Crippen LogP contribution in [0.15, 0.2) is 0 Å². The molecule has 2 heterocycles. The number of rotatable bonds is 2. The molecule has 3 atom stereocenters. The molecule has 68 valence electrons. The minimum Gasteiger partial charge on any atom is -0.459 e. The topological polar surface area (TPSA) is 44.8 Å². The van der Waals surface area contributed by atoms with Crippen molar-refractivity contribution in [3.8, 4) is 0 Å². The summed E-state index contributed by atoms with van der Waals surface area (Å²) in [7, 11) is 0. The first-order chi connectivity index (χ1) is 5.81. The SMILES string of the molecule is CCOC1OC[C@@H]2OC(=O)C[C@H]12. The van der Waals surface area contributed by atoms with Gasteiger partial charge in [-0.05, 0) is 6.92 Å². The van der Waals surface area contributed by atoms with Crippen LogP contribution >= 0.6 is 0 Å². The van der Waals surface area contributed by atoms with Crippen molar-refractivity contribution < 1.29 is 19.0 Å². The predicted molar refractivity (Wildman–Crippen MR) is 39.4 cm³/mol. The lowest BCUT2D eigenvalue weighted by molar-refractivity contribution is -0.148. The molecule has 0 radical (unpaired) electrons. The molecule has 0 saturated carbocycles. The molecule has 12 heavy (non-hydrogen) atoms. The van der Waals surface area contributed by atoms with E-state index in [0.29, 0.717) is 19.6 Å². The molecule has 0 aromatic carbocycles. The van der Waals surface area contributed by atoms with Gasteiger partial charge in [0, 0.05) is 6.61 Å². The fraction of sp³-hybridized carbons (Fsp3) is 0.875. The summed E-state index contributed by atoms with van der Waals surface area (Å²) in [6.07, 6.45) is 0.149. The number of hydrogen-bond donors (Lipinski definition) is 0. The second-order valence-electron chi connectivity index (χ2n) is 3.05. The molecule has 0 aromatic heterocycles. The number of esters is 1. The summed E-state index contributed by atoms with van der Waals surface area (Å²) in [6, 6.07) is 0. The van der Waals surface area contributed by atoms with Gasteiger partial charge in [-0.25, -0.2) is 0 Å². The Morgan fingerprint density at radius 3 is 3.25 bits per heavy atom. The summed E-state index contributed by atoms with van der Waals surface area (Å²) < 4.78 is 15.6. The first-order valence-corrected chi connectivity index (χ1v) is 4.24. The molecule has 2 fully saturated rings. The summed E-state index contributed by atoms with van der Waals surface area (Å²) in [4.78, 5) is 10.9. The molecule has 4 nitrogen and oxygen atoms in total. The van der Waals surface area contributed by atoms with Crippen LogP contribution in [0, 0.1) is 5.92 Å². The number of hydrogen-bond acceptors (Lipinski definition) is 4. The second-order valence-corrected chi connectivity index (χ2v) is 3.05. The standard InChI is InChI=1S/C8H12O4/c1-2-10-8-5-3-7(9)12-6(5)4-11-8/h5-6,8H,2-4H2,1H3/t5-,6-,8?/m0/s1. The zero-order valence-electron chi connectivity index (χ0n) is 6.99. The van der Waals surface area contributed by atoms with Gasteiger partial charge in [0.05, 0.1) is 18.9 Å². The third kappa shape index (κ3) is 1.21. The number of ether oxygens (including phenoxy) is 3. The van der Waals surface area contributed by atoms with Crippen molar-refractivity contribution in [3.63, 3.8) is 0 Å². The van der Waals surface area contributed by atoms with Crippen LogP contribution in [0.4, 0.5) is 0 Å². The summed E-state index contributed by atoms with van der Waals surface area (Å²) in [5, 5.41) is 0. The highest BCUT2D eigenvalue weighted by Gasteiger charge is 2.46. The van der Waals surface area contributed by atoms with Gasteiger partial charge in [0.1, 0.15) is 6.10 Å². The molecular formula is C8H12O4. The molecule has 2 rings (SSSR count). The summed E-state index contributed by atoms with van der Waals surface area (Å²) >= 11 is 0. The average molecular weight is 172 g/mol. The van der Waals surface area contributed by atoms with Gasteiger partial charge < -0.3 is 14.2 Å². The van der Waals surface area contributed by atoms with E-state index in [9.17, 15) is 4.79 Å². The maximum atomic E-state index is 10.9. The average Bonchev–Trinajstić information content (AvgIpc) is 2.52. The minimum atomic E-state index is -0.230. The van der Waals surface area contributed by atoms with Crippen molar-refractivity contribution in [2.75, 3.05) is 13.2 Å². The maximum Gasteiger partial charge on any atom is 0.306 e. The normalized spacial score (nSPS) is 39.8. The maximum absolute atomic E-state index is 10.9. The lowest BCUT2D eigenvalue weighted by Crippen LogP contribution is -2.22. The van der Waals surface area contributed by atoms with Gasteiger partial charge in [0.2, 0.25) is 0 Å². The monoisotopic (exact) mass is 172 g/mol. The highest BCUT2D eigenvalue weighted by Crippen LogP contribution is 2.33. The van der Waals surface area contributed by atoms with Gasteiger partial charge in [-0.3, -0.25) is 4.79 Å². The minimum absolute atomic E-state index is 0.0611. The fourth-order valence-electron chi connectivity index (χ4n) is 1.71. The Bertz CT molecular complexity index is 189. The molecule has 2 saturated heterocycles. The van der Waals surface area contributed by atoms with E-state index in [1.807, 2.05) is 6.92 Å². The van der Waals surface area contributed by atoms with Crippen molar-refractivity contribution >= 4 is 5.97 Å². The van der Waals surface area contributed by atoms with Gasteiger partial charge in [0.25, 0.3) is 0 Å². The van der Waals surface area contributed by atoms with E-state index in [2.05, 4.69) is 0 Å². The van der Waals surface area contributed by atoms with E-state index in [4.69, 9.17) is 14.2 Å². The first kappa shape index (κ1) is 8.01. The first-order valence-electron chi connectivity index (χ1n) is 4.24. The van der Waals surface area contributed by atoms with E-state index in [0.717, 1.165) is 0 Å². The van der Waals surface area contributed by atoms with Crippen LogP contribution in [0.25, 0.3) is 0 Å². The molecule has 0 aliphatic carbocycles. The van der Waals surface area contributed by atoms with Crippen molar-refractivity contribution in [1.29, 1.82) is 0 Å². The van der Waals surface area contributed by atoms with E-state index in [1.54, 1.807) is 0 Å². The van der Waals surface area contributed by atoms with Gasteiger partial charge in [-0.2, -0.15) is 0 Å². The molecule has 0 aromatic rings. The number of fused-ring (bicyclic) bond motifs is 1. The number of carbonyl (C=O) groups excluding carboxylic acids is 1. The van der Waals surface area contributed by atoms with Crippen molar-refractivity contribution in [1.82, 2.24) is 0 Å². The predicted octanol–water partition coefficient (Wildman–Crippen LogP) is 0.311. The Hall–Kier alpha value is -0.610. The molecule has 4 heteroatoms. The van der Waals surface area contributed by atoms with Crippen LogP contribution in [-0.2, 0) is 19.0 Å². The van der Waals surface area contributed by atoms with Gasteiger partial charge in [-0.15, -0.1) is 0 Å². The Morgan fingerprint density at radius 2 is 2.50 bits per heavy atom. The van der Waals surface area contributed by atoms with Crippen LogP contribution in [0.5, 0.6) is 0 Å². The molecule has 0 amide bonds. The molecule has 2 aliphatic heterocycles. The van der Waals surface area contributed by atoms with Crippen molar-refractivity contribution in [2.45, 2.75) is 25.7 Å². The number of carbonyl (C=O) groups is 1. The van der Waals surface area contributed by atoms with Crippen molar-refractivity contribution in [2.24, 2.45) is 5.92 Å². The van der Waals surface area contributed by atoms with Crippen LogP contribution < -0.4 is 0 Å². The highest BCUT2D eigenvalue weighted by molar-refractivity contribution is 5.72. The zero-order valence-corrected chi connectivity index (χ0v) is 6.99. The van der Waals surface area contributed by atoms with E-state index < -0.39 is 0 Å². The Morgan fingerprint density at radius 1 is 1.67 bits per heavy atom. The van der Waals surface area contributed by atoms with Crippen LogP contribution in [0.2, 0.25) is 0 Å². The molecule has 2 aliphatic rings. The van der Waals surface area contributed by atoms with Crippen molar-refractivity contribution in [3.05, 3.63) is 0 Å². The molecule has 0 bridgehead atoms. The summed E-state index contributed by atoms with van der Waals surface area (Å²) in [6.45, 7) is 3.01. The van der Waals surface area contributed by atoms with Gasteiger partial charge in [-0.1, -0.05) is 0 Å². The quantitative estimate of drug-likeness (QED) is 0.562. The third-order valence-corrected chi connectivity index (χ3v) is 2.27. The van der Waals surface area contributed by atoms with E-state index in [1.165, 1.54) is 0 Å². The smallest absolute Gasteiger partial charge is 0.306 e. The molecule has 0 spiro atoms. The van der Waals surface area contributed by atoms with Crippen LogP contribution in [0.3, 0.4) is 0 Å². The summed E-state index contributed by atoms with van der Waals surface area (Å²) in [5.74, 6) is -0.00421. The van der Waals surface area contributed by atoms with Gasteiger partial charge in [0.15, 0.2) is 6.29 Å². The molecule has 0 N–H and O–H groups in total. The largest absolute Gasteiger partial charge is 0.459 e. The Balaban J connectivity index is 1.98. The Kier molecular flexibility index (Phi) is 2.02. The van der Waals surface area contributed by atoms with Crippen LogP contribution in [0.1, 0.15) is 13.3 Å². The molecule has 1 unspecified atom stereocenters. The lowest BCUT2D eigenvalue weighted by atomic mass is 10.0. The third-order valence-electron chi connectivity index (χ3n) is 2.27. The Labute approximate surface area is 70.8 Å². The second kappa shape index (κ2) is 3.03. The lowest BCUT2D eigenvalue weighted by Gasteiger charge is -2.13. The van der Waals surface area contributed by atoms with E-state index in [-0.39, 0.29) is 24.3 Å². The van der Waals surface area contributed by atoms with Crippen LogP contribution in [-0.4, -0.2) is 31.6 Å². The van der Waals surface area contributed by atoms with E-state index >= 15 is 0 Å². The highest BCUT2D eigenvalue weighted by atomic mass is 16.7. The van der Waals surface area contributed by atoms with Gasteiger partial charge >= 0.3 is 5.97 Å².